The molecule has 0 N–H and O–H groups in total. The molecule has 0 aliphatic carbocycles. The van der Waals surface area contributed by atoms with Gasteiger partial charge in [0.1, 0.15) is 0 Å². The fourth-order valence-corrected chi connectivity index (χ4v) is 9.53. The number of thiophene rings is 2. The van der Waals surface area contributed by atoms with Gasteiger partial charge in [-0.25, -0.2) is 0 Å². The number of fused-ring (bicyclic) bond motifs is 2. The lowest BCUT2D eigenvalue weighted by Gasteiger charge is -2.26. The first-order chi connectivity index (χ1) is 27.2. The Bertz CT molecular complexity index is 2800. The van der Waals surface area contributed by atoms with Gasteiger partial charge in [0.2, 0.25) is 0 Å². The first-order valence-corrected chi connectivity index (χ1v) is 20.2. The van der Waals surface area contributed by atoms with Crippen molar-refractivity contribution in [1.82, 2.24) is 0 Å². The van der Waals surface area contributed by atoms with Crippen molar-refractivity contribution < 1.29 is 0 Å². The Morgan fingerprint density at radius 2 is 0.545 bits per heavy atom. The van der Waals surface area contributed by atoms with Crippen LogP contribution in [0.4, 0.5) is 17.1 Å². The fourth-order valence-electron chi connectivity index (χ4n) is 7.39. The molecule has 0 saturated carbocycles. The van der Waals surface area contributed by atoms with Crippen LogP contribution in [0, 0.1) is 0 Å². The largest absolute Gasteiger partial charge is 0.311 e. The Balaban J connectivity index is 0.960. The molecule has 8 aromatic carbocycles. The second-order valence-corrected chi connectivity index (χ2v) is 16.0. The van der Waals surface area contributed by atoms with E-state index in [2.05, 4.69) is 217 Å². The molecule has 1 nitrogen and oxygen atoms in total. The highest BCUT2D eigenvalue weighted by molar-refractivity contribution is 7.22. The Kier molecular flexibility index (Phi) is 8.64. The maximum atomic E-state index is 2.35. The molecule has 2 heterocycles. The van der Waals surface area contributed by atoms with E-state index >= 15 is 0 Å². The first-order valence-electron chi connectivity index (χ1n) is 18.6. The zero-order valence-corrected chi connectivity index (χ0v) is 31.6. The average Bonchev–Trinajstić information content (AvgIpc) is 3.90. The maximum absolute atomic E-state index is 2.35. The molecular formula is C52H35NS2. The first kappa shape index (κ1) is 33.1. The van der Waals surface area contributed by atoms with Gasteiger partial charge >= 0.3 is 0 Å². The highest BCUT2D eigenvalue weighted by Crippen LogP contribution is 2.40. The van der Waals surface area contributed by atoms with E-state index in [0.29, 0.717) is 0 Å². The van der Waals surface area contributed by atoms with Crippen molar-refractivity contribution in [2.45, 2.75) is 0 Å². The van der Waals surface area contributed by atoms with Crippen molar-refractivity contribution >= 4 is 59.9 Å². The molecule has 0 atom stereocenters. The van der Waals surface area contributed by atoms with Gasteiger partial charge in [-0.1, -0.05) is 152 Å². The van der Waals surface area contributed by atoms with Gasteiger partial charge < -0.3 is 4.90 Å². The number of anilines is 3. The molecule has 2 aromatic heterocycles. The average molecular weight is 738 g/mol. The van der Waals surface area contributed by atoms with Crippen LogP contribution in [0.15, 0.2) is 212 Å². The molecule has 0 saturated heterocycles. The molecule has 0 amide bonds. The van der Waals surface area contributed by atoms with E-state index in [1.165, 1.54) is 74.4 Å². The van der Waals surface area contributed by atoms with Crippen LogP contribution >= 0.6 is 22.7 Å². The molecule has 10 aromatic rings. The van der Waals surface area contributed by atoms with Crippen molar-refractivity contribution in [2.24, 2.45) is 0 Å². The van der Waals surface area contributed by atoms with Gasteiger partial charge in [0, 0.05) is 36.2 Å². The zero-order chi connectivity index (χ0) is 36.6. The lowest BCUT2D eigenvalue weighted by molar-refractivity contribution is 1.28. The molecule has 3 heteroatoms. The van der Waals surface area contributed by atoms with E-state index in [0.717, 1.165) is 17.1 Å². The van der Waals surface area contributed by atoms with Gasteiger partial charge in [0.25, 0.3) is 0 Å². The van der Waals surface area contributed by atoms with Crippen molar-refractivity contribution in [2.75, 3.05) is 4.90 Å². The van der Waals surface area contributed by atoms with E-state index < -0.39 is 0 Å². The van der Waals surface area contributed by atoms with Crippen LogP contribution < -0.4 is 4.90 Å². The van der Waals surface area contributed by atoms with Gasteiger partial charge in [-0.2, -0.15) is 0 Å². The Morgan fingerprint density at radius 1 is 0.255 bits per heavy atom. The zero-order valence-electron chi connectivity index (χ0n) is 30.0. The lowest BCUT2D eigenvalue weighted by Crippen LogP contribution is -2.09. The molecule has 10 rings (SSSR count). The minimum atomic E-state index is 1.11. The molecule has 0 aliphatic rings. The van der Waals surface area contributed by atoms with Crippen LogP contribution in [0.25, 0.3) is 74.4 Å². The van der Waals surface area contributed by atoms with E-state index in [1.807, 2.05) is 22.7 Å². The van der Waals surface area contributed by atoms with Crippen molar-refractivity contribution in [3.8, 4) is 54.3 Å². The quantitative estimate of drug-likeness (QED) is 0.150. The molecule has 0 aliphatic heterocycles. The van der Waals surface area contributed by atoms with Gasteiger partial charge in [0.15, 0.2) is 0 Å². The summed E-state index contributed by atoms with van der Waals surface area (Å²) in [6, 6.07) is 77.1. The number of benzene rings is 8. The SMILES string of the molecule is c1ccc(-c2ccc(-c3ccc(N(c4ccc(-c5ccc(-c6cc7ccccc7s6)cc5)cc4)c4ccc(-c5cc6ccccc6s5)cc4)cc3)cc2)cc1. The number of hydrogen-bond acceptors (Lipinski definition) is 3. The van der Waals surface area contributed by atoms with E-state index in [4.69, 9.17) is 0 Å². The highest BCUT2D eigenvalue weighted by Gasteiger charge is 2.15. The maximum Gasteiger partial charge on any atom is 0.0462 e. The number of nitrogens with zero attached hydrogens (tertiary/aromatic N) is 1. The number of hydrogen-bond donors (Lipinski definition) is 0. The van der Waals surface area contributed by atoms with E-state index in [1.54, 1.807) is 0 Å². The summed E-state index contributed by atoms with van der Waals surface area (Å²) in [6.07, 6.45) is 0. The topological polar surface area (TPSA) is 3.24 Å². The summed E-state index contributed by atoms with van der Waals surface area (Å²) in [4.78, 5) is 4.93. The van der Waals surface area contributed by atoms with Gasteiger partial charge in [-0.15, -0.1) is 22.7 Å². The standard InChI is InChI=1S/C52H35NS2/c1-2-8-36(9-3-1)37-14-16-38(17-15-37)40-22-28-46(29-23-40)53(48-32-26-43(27-33-48)52-35-45-11-5-7-13-50(45)55-52)47-30-24-41(25-31-47)39-18-20-42(21-19-39)51-34-44-10-4-6-12-49(44)54-51/h1-35H. The van der Waals surface area contributed by atoms with Crippen molar-refractivity contribution in [3.63, 3.8) is 0 Å². The molecular weight excluding hydrogens is 703 g/mol. The molecule has 55 heavy (non-hydrogen) atoms. The van der Waals surface area contributed by atoms with Gasteiger partial charge in [-0.3, -0.25) is 0 Å². The molecule has 0 unspecified atom stereocenters. The third-order valence-corrected chi connectivity index (χ3v) is 12.7. The second kappa shape index (κ2) is 14.4. The van der Waals surface area contributed by atoms with E-state index in [9.17, 15) is 0 Å². The normalized spacial score (nSPS) is 11.3. The number of rotatable bonds is 8. The third-order valence-electron chi connectivity index (χ3n) is 10.3. The fraction of sp³-hybridized carbons (Fsp3) is 0. The monoisotopic (exact) mass is 737 g/mol. The summed E-state index contributed by atoms with van der Waals surface area (Å²) in [5.41, 5.74) is 13.1. The van der Waals surface area contributed by atoms with Crippen molar-refractivity contribution in [1.29, 1.82) is 0 Å². The van der Waals surface area contributed by atoms with Crippen LogP contribution in [-0.4, -0.2) is 0 Å². The summed E-state index contributed by atoms with van der Waals surface area (Å²) < 4.78 is 2.64. The predicted molar refractivity (Wildman–Crippen MR) is 239 cm³/mol. The molecule has 0 spiro atoms. The Morgan fingerprint density at radius 3 is 0.927 bits per heavy atom. The van der Waals surface area contributed by atoms with Crippen LogP contribution in [0.1, 0.15) is 0 Å². The molecule has 0 fully saturated rings. The van der Waals surface area contributed by atoms with Crippen LogP contribution in [0.2, 0.25) is 0 Å². The van der Waals surface area contributed by atoms with Crippen molar-refractivity contribution in [3.05, 3.63) is 212 Å². The van der Waals surface area contributed by atoms with Crippen LogP contribution in [-0.2, 0) is 0 Å². The smallest absolute Gasteiger partial charge is 0.0462 e. The lowest BCUT2D eigenvalue weighted by atomic mass is 10.00. The molecule has 0 bridgehead atoms. The minimum absolute atomic E-state index is 1.11. The third kappa shape index (κ3) is 6.65. The summed E-state index contributed by atoms with van der Waals surface area (Å²) in [6.45, 7) is 0. The highest BCUT2D eigenvalue weighted by atomic mass is 32.1. The second-order valence-electron chi connectivity index (χ2n) is 13.8. The van der Waals surface area contributed by atoms with Crippen LogP contribution in [0.5, 0.6) is 0 Å². The van der Waals surface area contributed by atoms with E-state index in [-0.39, 0.29) is 0 Å². The predicted octanol–water partition coefficient (Wildman–Crippen LogP) is 15.9. The molecule has 0 radical (unpaired) electrons. The molecule has 260 valence electrons. The summed E-state index contributed by atoms with van der Waals surface area (Å²) >= 11 is 3.69. The summed E-state index contributed by atoms with van der Waals surface area (Å²) in [7, 11) is 0. The Labute approximate surface area is 329 Å². The van der Waals surface area contributed by atoms with Gasteiger partial charge in [0.05, 0.1) is 0 Å². The van der Waals surface area contributed by atoms with Crippen LogP contribution in [0.3, 0.4) is 0 Å². The summed E-state index contributed by atoms with van der Waals surface area (Å²) in [5, 5.41) is 2.59. The van der Waals surface area contributed by atoms with Gasteiger partial charge in [-0.05, 0) is 116 Å². The summed E-state index contributed by atoms with van der Waals surface area (Å²) in [5.74, 6) is 0. The Hall–Kier alpha value is -6.52. The minimum Gasteiger partial charge on any atom is -0.311 e.